The Morgan fingerprint density at radius 1 is 1.13 bits per heavy atom. The summed E-state index contributed by atoms with van der Waals surface area (Å²) in [6, 6.07) is 10.6. The van der Waals surface area contributed by atoms with Crippen molar-refractivity contribution in [3.05, 3.63) is 90.9 Å². The van der Waals surface area contributed by atoms with Crippen molar-refractivity contribution < 1.29 is 13.6 Å². The number of amides is 1. The number of halogens is 3. The molecule has 0 unspecified atom stereocenters. The molecule has 2 heterocycles. The van der Waals surface area contributed by atoms with E-state index >= 15 is 0 Å². The Balaban J connectivity index is 1.82. The molecule has 2 aromatic heterocycles. The van der Waals surface area contributed by atoms with Crippen LogP contribution in [0, 0.1) is 18.6 Å². The van der Waals surface area contributed by atoms with E-state index in [9.17, 15) is 23.2 Å². The van der Waals surface area contributed by atoms with Gasteiger partial charge in [-0.15, -0.1) is 11.3 Å². The van der Waals surface area contributed by atoms with Gasteiger partial charge >= 0.3 is 5.69 Å². The molecule has 0 aliphatic carbocycles. The maximum atomic E-state index is 13.9. The Bertz CT molecular complexity index is 1460. The topological polar surface area (TPSA) is 73.1 Å². The van der Waals surface area contributed by atoms with Crippen LogP contribution in [0.3, 0.4) is 0 Å². The van der Waals surface area contributed by atoms with Crippen molar-refractivity contribution in [2.24, 2.45) is 0 Å². The molecule has 0 fully saturated rings. The number of anilines is 1. The minimum atomic E-state index is -0.943. The maximum absolute atomic E-state index is 13.9. The third-order valence-electron chi connectivity index (χ3n) is 4.51. The number of hydrogen-bond acceptors (Lipinski definition) is 4. The van der Waals surface area contributed by atoms with Crippen molar-refractivity contribution in [3.8, 4) is 5.69 Å². The lowest BCUT2D eigenvalue weighted by molar-refractivity contribution is -0.116. The molecule has 2 aromatic carbocycles. The molecule has 31 heavy (non-hydrogen) atoms. The summed E-state index contributed by atoms with van der Waals surface area (Å²) in [6.45, 7) is 1.30. The summed E-state index contributed by atoms with van der Waals surface area (Å²) < 4.78 is 29.1. The van der Waals surface area contributed by atoms with E-state index in [1.807, 2.05) is 0 Å². The Morgan fingerprint density at radius 3 is 2.61 bits per heavy atom. The molecule has 0 bridgehead atoms. The Morgan fingerprint density at radius 2 is 1.90 bits per heavy atom. The molecule has 6 nitrogen and oxygen atoms in total. The van der Waals surface area contributed by atoms with Gasteiger partial charge in [-0.25, -0.2) is 18.1 Å². The number of hydrogen-bond donors (Lipinski definition) is 1. The molecule has 4 aromatic rings. The SMILES string of the molecule is Cc1cc2c(=O)n(-c3cccc(Cl)c3)c(=O)n(CC(=O)Nc3ccc(F)cc3F)c2s1. The van der Waals surface area contributed by atoms with Gasteiger partial charge < -0.3 is 5.32 Å². The number of nitrogens with zero attached hydrogens (tertiary/aromatic N) is 2. The fourth-order valence-corrected chi connectivity index (χ4v) is 4.35. The van der Waals surface area contributed by atoms with Gasteiger partial charge in [0.05, 0.1) is 16.8 Å². The van der Waals surface area contributed by atoms with E-state index in [2.05, 4.69) is 5.32 Å². The lowest BCUT2D eigenvalue weighted by Gasteiger charge is -2.13. The minimum absolute atomic E-state index is 0.221. The normalized spacial score (nSPS) is 11.1. The molecule has 0 saturated carbocycles. The van der Waals surface area contributed by atoms with Crippen LogP contribution < -0.4 is 16.6 Å². The zero-order valence-electron chi connectivity index (χ0n) is 16.0. The lowest BCUT2D eigenvalue weighted by atomic mass is 10.3. The molecule has 0 aliphatic heterocycles. The summed E-state index contributed by atoms with van der Waals surface area (Å²) in [5.41, 5.74) is -1.24. The number of aromatic nitrogens is 2. The molecular weight excluding hydrogens is 448 g/mol. The highest BCUT2D eigenvalue weighted by Crippen LogP contribution is 2.22. The first-order chi connectivity index (χ1) is 14.7. The molecule has 4 rings (SSSR count). The van der Waals surface area contributed by atoms with E-state index in [-0.39, 0.29) is 16.8 Å². The Kier molecular flexibility index (Phi) is 5.47. The fraction of sp³-hybridized carbons (Fsp3) is 0.0952. The zero-order valence-corrected chi connectivity index (χ0v) is 17.6. The van der Waals surface area contributed by atoms with Crippen molar-refractivity contribution >= 4 is 44.7 Å². The molecule has 0 saturated heterocycles. The van der Waals surface area contributed by atoms with Gasteiger partial charge in [-0.2, -0.15) is 0 Å². The van der Waals surface area contributed by atoms with Crippen molar-refractivity contribution in [1.82, 2.24) is 9.13 Å². The number of benzene rings is 2. The number of aryl methyl sites for hydroxylation is 1. The van der Waals surface area contributed by atoms with Crippen LogP contribution in [0.25, 0.3) is 15.9 Å². The standard InChI is InChI=1S/C21H14ClF2N3O3S/c1-11-7-15-19(29)27(14-4-2-3-12(22)8-14)21(30)26(20(15)31-11)10-18(28)25-17-6-5-13(23)9-16(17)24/h2-9H,10H2,1H3,(H,25,28). The van der Waals surface area contributed by atoms with Crippen molar-refractivity contribution in [2.45, 2.75) is 13.5 Å². The predicted molar refractivity (Wildman–Crippen MR) is 116 cm³/mol. The Labute approximate surface area is 182 Å². The lowest BCUT2D eigenvalue weighted by Crippen LogP contribution is -2.40. The Hall–Kier alpha value is -3.30. The number of carbonyl (C=O) groups is 1. The van der Waals surface area contributed by atoms with Gasteiger partial charge in [0.1, 0.15) is 23.0 Å². The van der Waals surface area contributed by atoms with Gasteiger partial charge in [0.15, 0.2) is 0 Å². The average Bonchev–Trinajstić information content (AvgIpc) is 3.09. The number of thiophene rings is 1. The number of fused-ring (bicyclic) bond motifs is 1. The summed E-state index contributed by atoms with van der Waals surface area (Å²) in [5.74, 6) is -2.44. The number of carbonyl (C=O) groups excluding carboxylic acids is 1. The fourth-order valence-electron chi connectivity index (χ4n) is 3.18. The van der Waals surface area contributed by atoms with Crippen LogP contribution in [-0.2, 0) is 11.3 Å². The molecule has 0 spiro atoms. The van der Waals surface area contributed by atoms with Crippen LogP contribution in [0.2, 0.25) is 5.02 Å². The molecule has 158 valence electrons. The van der Waals surface area contributed by atoms with E-state index in [0.717, 1.165) is 26.1 Å². The van der Waals surface area contributed by atoms with Crippen molar-refractivity contribution in [2.75, 3.05) is 5.32 Å². The highest BCUT2D eigenvalue weighted by atomic mass is 35.5. The first-order valence-corrected chi connectivity index (χ1v) is 10.2. The van der Waals surface area contributed by atoms with Crippen LogP contribution in [0.15, 0.2) is 58.1 Å². The van der Waals surface area contributed by atoms with E-state index in [1.165, 1.54) is 17.4 Å². The summed E-state index contributed by atoms with van der Waals surface area (Å²) in [4.78, 5) is 39.9. The van der Waals surface area contributed by atoms with Gasteiger partial charge in [-0.1, -0.05) is 17.7 Å². The molecule has 0 radical (unpaired) electrons. The van der Waals surface area contributed by atoms with Crippen molar-refractivity contribution in [3.63, 3.8) is 0 Å². The third kappa shape index (κ3) is 4.01. The van der Waals surface area contributed by atoms with Gasteiger partial charge in [0.2, 0.25) is 5.91 Å². The van der Waals surface area contributed by atoms with Gasteiger partial charge in [0.25, 0.3) is 5.56 Å². The van der Waals surface area contributed by atoms with E-state index in [0.29, 0.717) is 15.9 Å². The van der Waals surface area contributed by atoms with E-state index < -0.39 is 35.3 Å². The van der Waals surface area contributed by atoms with Gasteiger partial charge in [-0.3, -0.25) is 14.2 Å². The molecule has 0 aliphatic rings. The smallest absolute Gasteiger partial charge is 0.322 e. The molecule has 1 N–H and O–H groups in total. The van der Waals surface area contributed by atoms with Crippen LogP contribution in [-0.4, -0.2) is 15.0 Å². The van der Waals surface area contributed by atoms with Gasteiger partial charge in [-0.05, 0) is 43.3 Å². The quantitative estimate of drug-likeness (QED) is 0.497. The maximum Gasteiger partial charge on any atom is 0.337 e. The molecule has 1 amide bonds. The first-order valence-electron chi connectivity index (χ1n) is 9.01. The van der Waals surface area contributed by atoms with E-state index in [1.54, 1.807) is 31.2 Å². The highest BCUT2D eigenvalue weighted by molar-refractivity contribution is 7.18. The predicted octanol–water partition coefficient (Wildman–Crippen LogP) is 4.09. The minimum Gasteiger partial charge on any atom is -0.322 e. The molecule has 0 atom stereocenters. The van der Waals surface area contributed by atoms with Crippen LogP contribution in [0.1, 0.15) is 4.88 Å². The average molecular weight is 462 g/mol. The van der Waals surface area contributed by atoms with Crippen LogP contribution in [0.4, 0.5) is 14.5 Å². The monoisotopic (exact) mass is 461 g/mol. The second-order valence-corrected chi connectivity index (χ2v) is 8.41. The largest absolute Gasteiger partial charge is 0.337 e. The summed E-state index contributed by atoms with van der Waals surface area (Å²) in [6.07, 6.45) is 0. The second-order valence-electron chi connectivity index (χ2n) is 6.74. The molecular formula is C21H14ClF2N3O3S. The summed E-state index contributed by atoms with van der Waals surface area (Å²) in [5, 5.41) is 2.92. The second kappa shape index (κ2) is 8.09. The summed E-state index contributed by atoms with van der Waals surface area (Å²) >= 11 is 7.20. The van der Waals surface area contributed by atoms with E-state index in [4.69, 9.17) is 11.6 Å². The van der Waals surface area contributed by atoms with Crippen LogP contribution in [0.5, 0.6) is 0 Å². The highest BCUT2D eigenvalue weighted by Gasteiger charge is 2.19. The molecule has 10 heteroatoms. The summed E-state index contributed by atoms with van der Waals surface area (Å²) in [7, 11) is 0. The first kappa shape index (κ1) is 21.0. The zero-order chi connectivity index (χ0) is 22.3. The van der Waals surface area contributed by atoms with Crippen LogP contribution >= 0.6 is 22.9 Å². The number of rotatable bonds is 4. The van der Waals surface area contributed by atoms with Crippen molar-refractivity contribution in [1.29, 1.82) is 0 Å². The number of nitrogens with one attached hydrogen (secondary N) is 1. The van der Waals surface area contributed by atoms with Gasteiger partial charge in [0, 0.05) is 16.0 Å². The third-order valence-corrected chi connectivity index (χ3v) is 5.82.